The molecule has 0 spiro atoms. The minimum absolute atomic E-state index is 0.0324. The number of hydrogen-bond donors (Lipinski definition) is 3. The second-order valence-electron chi connectivity index (χ2n) is 3.12. The van der Waals surface area contributed by atoms with Gasteiger partial charge < -0.3 is 9.67 Å². The Morgan fingerprint density at radius 3 is 2.29 bits per heavy atom. The van der Waals surface area contributed by atoms with Gasteiger partial charge in [0.1, 0.15) is 0 Å². The Hall–Kier alpha value is -1.45. The second kappa shape index (κ2) is 6.99. The third-order valence-electron chi connectivity index (χ3n) is 1.83. The van der Waals surface area contributed by atoms with Crippen LogP contribution in [0.25, 0.3) is 0 Å². The summed E-state index contributed by atoms with van der Waals surface area (Å²) in [5.41, 5.74) is 0. The topological polar surface area (TPSA) is 130 Å². The molecule has 0 amide bonds. The number of carbonyl (C=O) groups is 1. The van der Waals surface area contributed by atoms with Gasteiger partial charge >= 0.3 is 16.4 Å². The van der Waals surface area contributed by atoms with E-state index in [0.29, 0.717) is 0 Å². The van der Waals surface area contributed by atoms with Gasteiger partial charge in [-0.3, -0.25) is 13.9 Å². The Labute approximate surface area is 98.5 Å². The molecule has 1 aromatic rings. The van der Waals surface area contributed by atoms with E-state index in [1.165, 1.54) is 0 Å². The number of carboxylic acid groups (broad SMARTS) is 1. The molecule has 0 aliphatic heterocycles. The van der Waals surface area contributed by atoms with Gasteiger partial charge in [0, 0.05) is 18.4 Å². The van der Waals surface area contributed by atoms with E-state index in [-0.39, 0.29) is 12.5 Å². The lowest BCUT2D eigenvalue weighted by Crippen LogP contribution is -2.11. The minimum Gasteiger partial charge on any atom is -0.481 e. The quantitative estimate of drug-likeness (QED) is 0.682. The van der Waals surface area contributed by atoms with Crippen molar-refractivity contribution >= 4 is 16.4 Å². The van der Waals surface area contributed by atoms with Crippen LogP contribution in [-0.4, -0.2) is 38.2 Å². The van der Waals surface area contributed by atoms with Crippen molar-refractivity contribution in [3.8, 4) is 0 Å². The lowest BCUT2D eigenvalue weighted by Gasteiger charge is -2.12. The molecular weight excluding hydrogens is 252 g/mol. The third-order valence-corrected chi connectivity index (χ3v) is 1.83. The van der Waals surface area contributed by atoms with Crippen molar-refractivity contribution in [3.05, 3.63) is 18.7 Å². The van der Waals surface area contributed by atoms with Crippen molar-refractivity contribution in [2.24, 2.45) is 0 Å². The number of aromatic nitrogens is 2. The van der Waals surface area contributed by atoms with Crippen LogP contribution < -0.4 is 0 Å². The molecule has 0 radical (unpaired) electrons. The zero-order chi connectivity index (χ0) is 13.5. The number of rotatable bonds is 4. The average molecular weight is 266 g/mol. The molecule has 0 aromatic carbocycles. The van der Waals surface area contributed by atoms with Gasteiger partial charge in [-0.2, -0.15) is 8.42 Å². The van der Waals surface area contributed by atoms with Crippen LogP contribution in [0.15, 0.2) is 18.7 Å². The van der Waals surface area contributed by atoms with Crippen molar-refractivity contribution in [1.29, 1.82) is 0 Å². The summed E-state index contributed by atoms with van der Waals surface area (Å²) in [6.07, 6.45) is 6.06. The second-order valence-corrected chi connectivity index (χ2v) is 4.01. The summed E-state index contributed by atoms with van der Waals surface area (Å²) in [6, 6.07) is 0.0324. The van der Waals surface area contributed by atoms with E-state index < -0.39 is 16.4 Å². The van der Waals surface area contributed by atoms with E-state index in [1.54, 1.807) is 18.7 Å². The molecule has 0 aliphatic carbocycles. The molecule has 1 heterocycles. The summed E-state index contributed by atoms with van der Waals surface area (Å²) in [5.74, 6) is -0.768. The molecule has 1 unspecified atom stereocenters. The Morgan fingerprint density at radius 2 is 2.00 bits per heavy atom. The van der Waals surface area contributed by atoms with Gasteiger partial charge in [-0.1, -0.05) is 6.92 Å². The number of carboxylic acids is 1. The molecule has 8 nitrogen and oxygen atoms in total. The van der Waals surface area contributed by atoms with Crippen molar-refractivity contribution < 1.29 is 27.4 Å². The lowest BCUT2D eigenvalue weighted by atomic mass is 10.1. The van der Waals surface area contributed by atoms with E-state index in [9.17, 15) is 4.79 Å². The molecule has 17 heavy (non-hydrogen) atoms. The van der Waals surface area contributed by atoms with Crippen LogP contribution in [0.5, 0.6) is 0 Å². The number of hydrogen-bond acceptors (Lipinski definition) is 4. The molecule has 3 N–H and O–H groups in total. The first kappa shape index (κ1) is 15.6. The number of nitrogens with zero attached hydrogens (tertiary/aromatic N) is 2. The summed E-state index contributed by atoms with van der Waals surface area (Å²) < 4.78 is 33.4. The average Bonchev–Trinajstić information content (AvgIpc) is 2.63. The smallest absolute Gasteiger partial charge is 0.394 e. The molecule has 0 saturated carbocycles. The van der Waals surface area contributed by atoms with Crippen LogP contribution in [0, 0.1) is 0 Å². The Kier molecular flexibility index (Phi) is 6.39. The summed E-state index contributed by atoms with van der Waals surface area (Å²) in [5, 5.41) is 8.58. The van der Waals surface area contributed by atoms with Gasteiger partial charge in [-0.15, -0.1) is 0 Å². The zero-order valence-electron chi connectivity index (χ0n) is 9.09. The molecule has 0 aliphatic rings. The van der Waals surface area contributed by atoms with Crippen molar-refractivity contribution in [1.82, 2.24) is 9.55 Å². The SMILES string of the molecule is CCC(CC(=O)O)n1ccnc1.O=S(=O)(O)O. The third kappa shape index (κ3) is 9.48. The van der Waals surface area contributed by atoms with Gasteiger partial charge in [0.15, 0.2) is 0 Å². The number of aliphatic carboxylic acids is 1. The van der Waals surface area contributed by atoms with E-state index in [4.69, 9.17) is 22.6 Å². The molecule has 9 heteroatoms. The highest BCUT2D eigenvalue weighted by atomic mass is 32.3. The Balaban J connectivity index is 0.000000437. The predicted octanol–water partition coefficient (Wildman–Crippen LogP) is 0.656. The summed E-state index contributed by atoms with van der Waals surface area (Å²) in [4.78, 5) is 14.3. The monoisotopic (exact) mass is 266 g/mol. The fraction of sp³-hybridized carbons (Fsp3) is 0.500. The maximum Gasteiger partial charge on any atom is 0.394 e. The minimum atomic E-state index is -4.67. The van der Waals surface area contributed by atoms with Crippen molar-refractivity contribution in [3.63, 3.8) is 0 Å². The first-order valence-corrected chi connectivity index (χ1v) is 6.02. The van der Waals surface area contributed by atoms with Gasteiger partial charge in [0.25, 0.3) is 0 Å². The largest absolute Gasteiger partial charge is 0.481 e. The fourth-order valence-electron chi connectivity index (χ4n) is 1.15. The van der Waals surface area contributed by atoms with E-state index in [1.807, 2.05) is 11.5 Å². The van der Waals surface area contributed by atoms with Crippen LogP contribution in [0.1, 0.15) is 25.8 Å². The molecular formula is C8H14N2O6S. The maximum atomic E-state index is 10.4. The van der Waals surface area contributed by atoms with E-state index in [0.717, 1.165) is 6.42 Å². The standard InChI is InChI=1S/C8H12N2O2.H2O4S/c1-2-7(5-8(11)12)10-4-3-9-6-10;1-5(2,3)4/h3-4,6-7H,2,5H2,1H3,(H,11,12);(H2,1,2,3,4). The normalized spacial score (nSPS) is 12.4. The van der Waals surface area contributed by atoms with Gasteiger partial charge in [-0.25, -0.2) is 4.98 Å². The molecule has 1 rings (SSSR count). The van der Waals surface area contributed by atoms with E-state index >= 15 is 0 Å². The van der Waals surface area contributed by atoms with Gasteiger partial charge in [0.2, 0.25) is 0 Å². The summed E-state index contributed by atoms with van der Waals surface area (Å²) >= 11 is 0. The van der Waals surface area contributed by atoms with Crippen LogP contribution in [0.3, 0.4) is 0 Å². The van der Waals surface area contributed by atoms with Crippen LogP contribution in [-0.2, 0) is 15.2 Å². The van der Waals surface area contributed by atoms with Gasteiger partial charge in [0.05, 0.1) is 12.7 Å². The fourth-order valence-corrected chi connectivity index (χ4v) is 1.15. The molecule has 1 aromatic heterocycles. The highest BCUT2D eigenvalue weighted by Gasteiger charge is 2.11. The Morgan fingerprint density at radius 1 is 1.47 bits per heavy atom. The van der Waals surface area contributed by atoms with Crippen LogP contribution in [0.2, 0.25) is 0 Å². The Bertz CT molecular complexity index is 419. The maximum absolute atomic E-state index is 10.4. The highest BCUT2D eigenvalue weighted by Crippen LogP contribution is 2.14. The van der Waals surface area contributed by atoms with Crippen molar-refractivity contribution in [2.75, 3.05) is 0 Å². The van der Waals surface area contributed by atoms with Crippen LogP contribution >= 0.6 is 0 Å². The predicted molar refractivity (Wildman–Crippen MR) is 58.0 cm³/mol. The number of imidazole rings is 1. The summed E-state index contributed by atoms with van der Waals surface area (Å²) in [7, 11) is -4.67. The first-order valence-electron chi connectivity index (χ1n) is 4.63. The molecule has 0 saturated heterocycles. The van der Waals surface area contributed by atoms with Crippen molar-refractivity contribution in [2.45, 2.75) is 25.8 Å². The highest BCUT2D eigenvalue weighted by molar-refractivity contribution is 7.79. The summed E-state index contributed by atoms with van der Waals surface area (Å²) in [6.45, 7) is 1.97. The molecule has 1 atom stereocenters. The van der Waals surface area contributed by atoms with Crippen LogP contribution in [0.4, 0.5) is 0 Å². The first-order chi connectivity index (χ1) is 7.74. The van der Waals surface area contributed by atoms with E-state index in [2.05, 4.69) is 4.98 Å². The van der Waals surface area contributed by atoms with Gasteiger partial charge in [-0.05, 0) is 6.42 Å². The molecule has 0 fully saturated rings. The molecule has 98 valence electrons. The molecule has 0 bridgehead atoms. The zero-order valence-corrected chi connectivity index (χ0v) is 9.91. The lowest BCUT2D eigenvalue weighted by molar-refractivity contribution is -0.137.